The fourth-order valence-electron chi connectivity index (χ4n) is 2.23. The maximum Gasteiger partial charge on any atom is 0.0700 e. The van der Waals surface area contributed by atoms with E-state index in [4.69, 9.17) is 9.47 Å². The van der Waals surface area contributed by atoms with Gasteiger partial charge in [-0.2, -0.15) is 0 Å². The van der Waals surface area contributed by atoms with Gasteiger partial charge in [0.25, 0.3) is 0 Å². The van der Waals surface area contributed by atoms with Gasteiger partial charge in [0.15, 0.2) is 0 Å². The van der Waals surface area contributed by atoms with Gasteiger partial charge in [-0.1, -0.05) is 6.92 Å². The van der Waals surface area contributed by atoms with Gasteiger partial charge in [-0.25, -0.2) is 0 Å². The Labute approximate surface area is 113 Å². The van der Waals surface area contributed by atoms with Crippen molar-refractivity contribution in [1.82, 2.24) is 5.32 Å². The van der Waals surface area contributed by atoms with Gasteiger partial charge < -0.3 is 14.8 Å². The average molecular weight is 257 g/mol. The molecule has 1 aliphatic rings. The SMILES string of the molecule is COCCOCCC(C)(CNC(C)(C)C)C1CC1. The lowest BCUT2D eigenvalue weighted by Crippen LogP contribution is -2.44. The summed E-state index contributed by atoms with van der Waals surface area (Å²) in [5, 5.41) is 3.66. The maximum atomic E-state index is 5.63. The van der Waals surface area contributed by atoms with E-state index in [1.54, 1.807) is 7.11 Å². The molecule has 0 bridgehead atoms. The molecule has 1 fully saturated rings. The second-order valence-electron chi connectivity index (χ2n) is 6.89. The molecule has 0 saturated heterocycles. The Morgan fingerprint density at radius 1 is 1.06 bits per heavy atom. The van der Waals surface area contributed by atoms with Crippen LogP contribution in [-0.4, -0.2) is 39.0 Å². The summed E-state index contributed by atoms with van der Waals surface area (Å²) in [7, 11) is 1.71. The monoisotopic (exact) mass is 257 g/mol. The van der Waals surface area contributed by atoms with Crippen LogP contribution in [-0.2, 0) is 9.47 Å². The number of rotatable bonds is 9. The molecule has 1 N–H and O–H groups in total. The first kappa shape index (κ1) is 15.9. The summed E-state index contributed by atoms with van der Waals surface area (Å²) in [6, 6.07) is 0. The molecular formula is C15H31NO2. The number of hydrogen-bond donors (Lipinski definition) is 1. The van der Waals surface area contributed by atoms with E-state index in [1.165, 1.54) is 12.8 Å². The Kier molecular flexibility index (Phi) is 6.09. The third-order valence-corrected chi connectivity index (χ3v) is 3.83. The van der Waals surface area contributed by atoms with Crippen LogP contribution in [0.15, 0.2) is 0 Å². The van der Waals surface area contributed by atoms with Crippen molar-refractivity contribution >= 4 is 0 Å². The molecule has 0 aromatic carbocycles. The van der Waals surface area contributed by atoms with Gasteiger partial charge in [-0.3, -0.25) is 0 Å². The molecule has 0 heterocycles. The molecule has 108 valence electrons. The van der Waals surface area contributed by atoms with Gasteiger partial charge >= 0.3 is 0 Å². The molecule has 0 aromatic heterocycles. The summed E-state index contributed by atoms with van der Waals surface area (Å²) in [6.07, 6.45) is 3.92. The number of methoxy groups -OCH3 is 1. The first-order valence-corrected chi connectivity index (χ1v) is 7.19. The molecule has 18 heavy (non-hydrogen) atoms. The molecule has 3 heteroatoms. The number of nitrogens with one attached hydrogen (secondary N) is 1. The predicted molar refractivity (Wildman–Crippen MR) is 75.9 cm³/mol. The molecule has 0 radical (unpaired) electrons. The first-order valence-electron chi connectivity index (χ1n) is 7.19. The standard InChI is InChI=1S/C15H31NO2/c1-14(2,3)16-12-15(4,13-6-7-13)8-9-18-11-10-17-5/h13,16H,6-12H2,1-5H3. The van der Waals surface area contributed by atoms with E-state index in [2.05, 4.69) is 33.0 Å². The average Bonchev–Trinajstić information content (AvgIpc) is 3.09. The van der Waals surface area contributed by atoms with E-state index in [0.717, 1.165) is 25.5 Å². The quantitative estimate of drug-likeness (QED) is 0.644. The van der Waals surface area contributed by atoms with Crippen LogP contribution < -0.4 is 5.32 Å². The van der Waals surface area contributed by atoms with E-state index < -0.39 is 0 Å². The highest BCUT2D eigenvalue weighted by Crippen LogP contribution is 2.47. The normalized spacial score (nSPS) is 19.8. The van der Waals surface area contributed by atoms with Crippen molar-refractivity contribution in [3.8, 4) is 0 Å². The van der Waals surface area contributed by atoms with Crippen LogP contribution in [0.25, 0.3) is 0 Å². The molecule has 1 rings (SSSR count). The molecule has 0 aliphatic heterocycles. The predicted octanol–water partition coefficient (Wildman–Crippen LogP) is 2.84. The van der Waals surface area contributed by atoms with Crippen molar-refractivity contribution in [2.45, 2.75) is 52.5 Å². The van der Waals surface area contributed by atoms with Crippen molar-refractivity contribution in [1.29, 1.82) is 0 Å². The van der Waals surface area contributed by atoms with Crippen LogP contribution in [0.2, 0.25) is 0 Å². The minimum Gasteiger partial charge on any atom is -0.382 e. The Bertz CT molecular complexity index is 233. The Hall–Kier alpha value is -0.120. The summed E-state index contributed by atoms with van der Waals surface area (Å²) in [4.78, 5) is 0. The van der Waals surface area contributed by atoms with Gasteiger partial charge in [-0.05, 0) is 51.4 Å². The van der Waals surface area contributed by atoms with Crippen LogP contribution in [0.1, 0.15) is 47.0 Å². The zero-order chi connectivity index (χ0) is 13.6. The maximum absolute atomic E-state index is 5.63. The molecule has 0 amide bonds. The lowest BCUT2D eigenvalue weighted by Gasteiger charge is -2.34. The Morgan fingerprint density at radius 3 is 2.22 bits per heavy atom. The second-order valence-corrected chi connectivity index (χ2v) is 6.89. The van der Waals surface area contributed by atoms with Gasteiger partial charge in [0.2, 0.25) is 0 Å². The highest BCUT2D eigenvalue weighted by atomic mass is 16.5. The Balaban J connectivity index is 2.29. The lowest BCUT2D eigenvalue weighted by atomic mass is 9.81. The van der Waals surface area contributed by atoms with Crippen LogP contribution in [0, 0.1) is 11.3 Å². The van der Waals surface area contributed by atoms with Crippen molar-refractivity contribution in [3.05, 3.63) is 0 Å². The first-order chi connectivity index (χ1) is 8.37. The van der Waals surface area contributed by atoms with Crippen molar-refractivity contribution in [2.75, 3.05) is 33.5 Å². The highest BCUT2D eigenvalue weighted by molar-refractivity contribution is 4.93. The van der Waals surface area contributed by atoms with Gasteiger partial charge in [0.05, 0.1) is 13.2 Å². The molecule has 3 nitrogen and oxygen atoms in total. The fourth-order valence-corrected chi connectivity index (χ4v) is 2.23. The van der Waals surface area contributed by atoms with Crippen LogP contribution >= 0.6 is 0 Å². The number of ether oxygens (including phenoxy) is 2. The Morgan fingerprint density at radius 2 is 1.72 bits per heavy atom. The molecule has 1 aliphatic carbocycles. The molecule has 0 aromatic rings. The van der Waals surface area contributed by atoms with Crippen molar-refractivity contribution in [2.24, 2.45) is 11.3 Å². The number of hydrogen-bond acceptors (Lipinski definition) is 3. The van der Waals surface area contributed by atoms with Gasteiger partial charge in [0, 0.05) is 25.8 Å². The topological polar surface area (TPSA) is 30.5 Å². The summed E-state index contributed by atoms with van der Waals surface area (Å²) in [5.74, 6) is 0.887. The van der Waals surface area contributed by atoms with Crippen LogP contribution in [0.5, 0.6) is 0 Å². The molecular weight excluding hydrogens is 226 g/mol. The minimum atomic E-state index is 0.201. The smallest absolute Gasteiger partial charge is 0.0700 e. The van der Waals surface area contributed by atoms with E-state index in [9.17, 15) is 0 Å². The van der Waals surface area contributed by atoms with Crippen LogP contribution in [0.3, 0.4) is 0 Å². The zero-order valence-corrected chi connectivity index (χ0v) is 12.8. The molecule has 0 spiro atoms. The zero-order valence-electron chi connectivity index (χ0n) is 12.8. The summed E-state index contributed by atoms with van der Waals surface area (Å²) >= 11 is 0. The van der Waals surface area contributed by atoms with Crippen molar-refractivity contribution in [3.63, 3.8) is 0 Å². The van der Waals surface area contributed by atoms with E-state index in [-0.39, 0.29) is 5.54 Å². The third kappa shape index (κ3) is 6.17. The summed E-state index contributed by atoms with van der Waals surface area (Å²) < 4.78 is 10.6. The van der Waals surface area contributed by atoms with Crippen molar-refractivity contribution < 1.29 is 9.47 Å². The minimum absolute atomic E-state index is 0.201. The van der Waals surface area contributed by atoms with E-state index >= 15 is 0 Å². The largest absolute Gasteiger partial charge is 0.382 e. The highest BCUT2D eigenvalue weighted by Gasteiger charge is 2.41. The molecule has 1 saturated carbocycles. The lowest BCUT2D eigenvalue weighted by molar-refractivity contribution is 0.0482. The summed E-state index contributed by atoms with van der Waals surface area (Å²) in [6.45, 7) is 12.4. The van der Waals surface area contributed by atoms with Crippen LogP contribution in [0.4, 0.5) is 0 Å². The van der Waals surface area contributed by atoms with E-state index in [0.29, 0.717) is 18.6 Å². The molecule has 1 unspecified atom stereocenters. The fraction of sp³-hybridized carbons (Fsp3) is 1.00. The van der Waals surface area contributed by atoms with E-state index in [1.807, 2.05) is 0 Å². The summed E-state index contributed by atoms with van der Waals surface area (Å²) in [5.41, 5.74) is 0.591. The second kappa shape index (κ2) is 6.88. The molecule has 1 atom stereocenters. The van der Waals surface area contributed by atoms with Gasteiger partial charge in [-0.15, -0.1) is 0 Å². The van der Waals surface area contributed by atoms with Gasteiger partial charge in [0.1, 0.15) is 0 Å². The third-order valence-electron chi connectivity index (χ3n) is 3.83.